The standard InChI is InChI=1S/C14H19N5O4/c1-3-8(20)10-5-9(21)12(23-10)19-11-7(6-16-13(15)17-11)18(4-2)14(19)22/h4,6,8-10,12,20-21H,2-3,5H2,1H3,(H2,15,16,17)/t8-,9+,10-,12+/m0/s1. The van der Waals surface area contributed by atoms with Gasteiger partial charge >= 0.3 is 5.69 Å². The van der Waals surface area contributed by atoms with Crippen molar-refractivity contribution in [2.75, 3.05) is 5.73 Å². The smallest absolute Gasteiger partial charge is 0.336 e. The van der Waals surface area contributed by atoms with E-state index in [2.05, 4.69) is 16.5 Å². The van der Waals surface area contributed by atoms with Gasteiger partial charge in [0.15, 0.2) is 11.9 Å². The van der Waals surface area contributed by atoms with Crippen molar-refractivity contribution in [1.29, 1.82) is 0 Å². The molecule has 3 rings (SSSR count). The van der Waals surface area contributed by atoms with Crippen LogP contribution in [-0.4, -0.2) is 47.6 Å². The van der Waals surface area contributed by atoms with Gasteiger partial charge in [-0.3, -0.25) is 4.57 Å². The Kier molecular flexibility index (Phi) is 3.92. The van der Waals surface area contributed by atoms with Crippen LogP contribution < -0.4 is 11.4 Å². The number of hydrogen-bond acceptors (Lipinski definition) is 7. The van der Waals surface area contributed by atoms with E-state index in [1.165, 1.54) is 21.5 Å². The summed E-state index contributed by atoms with van der Waals surface area (Å²) in [4.78, 5) is 20.6. The molecule has 3 heterocycles. The van der Waals surface area contributed by atoms with Crippen molar-refractivity contribution in [3.63, 3.8) is 0 Å². The summed E-state index contributed by atoms with van der Waals surface area (Å²) < 4.78 is 8.20. The molecule has 2 aromatic rings. The highest BCUT2D eigenvalue weighted by Crippen LogP contribution is 2.32. The number of aromatic nitrogens is 4. The molecule has 0 amide bonds. The molecule has 2 aromatic heterocycles. The second kappa shape index (κ2) is 5.76. The van der Waals surface area contributed by atoms with Gasteiger partial charge in [-0.25, -0.2) is 14.3 Å². The van der Waals surface area contributed by atoms with E-state index < -0.39 is 30.2 Å². The molecule has 1 aliphatic rings. The fraction of sp³-hybridized carbons (Fsp3) is 0.500. The fourth-order valence-electron chi connectivity index (χ4n) is 2.87. The summed E-state index contributed by atoms with van der Waals surface area (Å²) in [5.41, 5.74) is 5.80. The predicted octanol–water partition coefficient (Wildman–Crippen LogP) is -0.305. The van der Waals surface area contributed by atoms with E-state index >= 15 is 0 Å². The first-order chi connectivity index (χ1) is 11.0. The third-order valence-electron chi connectivity index (χ3n) is 4.07. The molecule has 0 spiro atoms. The number of nitrogens with zero attached hydrogens (tertiary/aromatic N) is 4. The van der Waals surface area contributed by atoms with Crippen LogP contribution >= 0.6 is 0 Å². The fourth-order valence-corrected chi connectivity index (χ4v) is 2.87. The monoisotopic (exact) mass is 321 g/mol. The second-order valence-corrected chi connectivity index (χ2v) is 5.49. The highest BCUT2D eigenvalue weighted by Gasteiger charge is 2.40. The Balaban J connectivity index is 2.13. The van der Waals surface area contributed by atoms with Gasteiger partial charge in [-0.1, -0.05) is 13.5 Å². The van der Waals surface area contributed by atoms with E-state index in [9.17, 15) is 15.0 Å². The number of aliphatic hydroxyl groups is 2. The average Bonchev–Trinajstić information content (AvgIpc) is 3.03. The molecule has 9 heteroatoms. The molecule has 0 saturated carbocycles. The molecule has 0 aliphatic carbocycles. The number of nitrogen functional groups attached to an aromatic ring is 1. The van der Waals surface area contributed by atoms with E-state index in [0.29, 0.717) is 11.9 Å². The molecule has 0 aromatic carbocycles. The van der Waals surface area contributed by atoms with Crippen molar-refractivity contribution < 1.29 is 14.9 Å². The molecule has 0 radical (unpaired) electrons. The van der Waals surface area contributed by atoms with Crippen LogP contribution in [0.5, 0.6) is 0 Å². The summed E-state index contributed by atoms with van der Waals surface area (Å²) >= 11 is 0. The number of imidazole rings is 1. The van der Waals surface area contributed by atoms with Crippen molar-refractivity contribution in [2.45, 2.75) is 44.3 Å². The van der Waals surface area contributed by atoms with Crippen LogP contribution in [0.4, 0.5) is 5.95 Å². The zero-order valence-corrected chi connectivity index (χ0v) is 12.7. The Hall–Kier alpha value is -2.23. The number of aliphatic hydroxyl groups excluding tert-OH is 2. The maximum Gasteiger partial charge on any atom is 0.336 e. The molecule has 1 fully saturated rings. The highest BCUT2D eigenvalue weighted by atomic mass is 16.5. The van der Waals surface area contributed by atoms with Crippen LogP contribution in [0.1, 0.15) is 26.0 Å². The van der Waals surface area contributed by atoms with E-state index in [1.54, 1.807) is 0 Å². The lowest BCUT2D eigenvalue weighted by Gasteiger charge is -2.18. The largest absolute Gasteiger partial charge is 0.390 e. The van der Waals surface area contributed by atoms with Crippen molar-refractivity contribution in [3.05, 3.63) is 23.3 Å². The number of rotatable bonds is 4. The normalized spacial score (nSPS) is 25.8. The Morgan fingerprint density at radius 3 is 3.04 bits per heavy atom. The van der Waals surface area contributed by atoms with E-state index in [4.69, 9.17) is 10.5 Å². The van der Waals surface area contributed by atoms with Gasteiger partial charge in [0.25, 0.3) is 0 Å². The lowest BCUT2D eigenvalue weighted by Crippen LogP contribution is -2.31. The van der Waals surface area contributed by atoms with E-state index in [0.717, 1.165) is 0 Å². The molecule has 124 valence electrons. The Labute approximate surface area is 131 Å². The topological polar surface area (TPSA) is 128 Å². The van der Waals surface area contributed by atoms with Crippen molar-refractivity contribution in [3.8, 4) is 0 Å². The molecule has 1 saturated heterocycles. The average molecular weight is 321 g/mol. The highest BCUT2D eigenvalue weighted by molar-refractivity contribution is 5.74. The number of nitrogens with two attached hydrogens (primary N) is 1. The Morgan fingerprint density at radius 2 is 2.39 bits per heavy atom. The zero-order chi connectivity index (χ0) is 16.7. The van der Waals surface area contributed by atoms with Gasteiger partial charge in [-0.2, -0.15) is 4.98 Å². The van der Waals surface area contributed by atoms with Crippen LogP contribution in [0.15, 0.2) is 17.6 Å². The van der Waals surface area contributed by atoms with Gasteiger partial charge in [0.2, 0.25) is 5.95 Å². The molecule has 4 N–H and O–H groups in total. The van der Waals surface area contributed by atoms with Crippen LogP contribution in [0.3, 0.4) is 0 Å². The summed E-state index contributed by atoms with van der Waals surface area (Å²) in [5, 5.41) is 20.2. The molecular formula is C14H19N5O4. The van der Waals surface area contributed by atoms with Crippen molar-refractivity contribution in [2.24, 2.45) is 0 Å². The minimum atomic E-state index is -0.952. The van der Waals surface area contributed by atoms with Crippen molar-refractivity contribution in [1.82, 2.24) is 19.1 Å². The van der Waals surface area contributed by atoms with Crippen LogP contribution in [0.25, 0.3) is 17.4 Å². The van der Waals surface area contributed by atoms with Gasteiger partial charge in [0.05, 0.1) is 18.4 Å². The Morgan fingerprint density at radius 1 is 1.65 bits per heavy atom. The third-order valence-corrected chi connectivity index (χ3v) is 4.07. The summed E-state index contributed by atoms with van der Waals surface area (Å²) in [7, 11) is 0. The van der Waals surface area contributed by atoms with Crippen LogP contribution in [-0.2, 0) is 4.74 Å². The maximum atomic E-state index is 12.6. The maximum absolute atomic E-state index is 12.6. The molecule has 0 unspecified atom stereocenters. The zero-order valence-electron chi connectivity index (χ0n) is 12.7. The number of ether oxygens (including phenoxy) is 1. The molecule has 9 nitrogen and oxygen atoms in total. The van der Waals surface area contributed by atoms with Crippen LogP contribution in [0.2, 0.25) is 0 Å². The first-order valence-corrected chi connectivity index (χ1v) is 7.37. The van der Waals surface area contributed by atoms with E-state index in [-0.39, 0.29) is 18.0 Å². The summed E-state index contributed by atoms with van der Waals surface area (Å²) in [5.74, 6) is 0.00471. The predicted molar refractivity (Wildman–Crippen MR) is 83.4 cm³/mol. The van der Waals surface area contributed by atoms with Crippen LogP contribution in [0, 0.1) is 0 Å². The summed E-state index contributed by atoms with van der Waals surface area (Å²) in [6.45, 7) is 5.42. The minimum Gasteiger partial charge on any atom is -0.390 e. The second-order valence-electron chi connectivity index (χ2n) is 5.49. The van der Waals surface area contributed by atoms with E-state index in [1.807, 2.05) is 6.92 Å². The number of fused-ring (bicyclic) bond motifs is 1. The Bertz CT molecular complexity index is 798. The molecular weight excluding hydrogens is 302 g/mol. The molecule has 4 atom stereocenters. The quantitative estimate of drug-likeness (QED) is 0.705. The van der Waals surface area contributed by atoms with Gasteiger partial charge in [0.1, 0.15) is 11.6 Å². The summed E-state index contributed by atoms with van der Waals surface area (Å²) in [6.07, 6.45) is 0.310. The lowest BCUT2D eigenvalue weighted by atomic mass is 10.1. The minimum absolute atomic E-state index is 0.00471. The first-order valence-electron chi connectivity index (χ1n) is 7.37. The third kappa shape index (κ3) is 2.42. The SMILES string of the molecule is C=Cn1c(=O)n([C@@H]2O[C@H]([C@@H](O)CC)C[C@H]2O)c2nc(N)ncc21. The number of anilines is 1. The number of hydrogen-bond donors (Lipinski definition) is 3. The first kappa shape index (κ1) is 15.7. The summed E-state index contributed by atoms with van der Waals surface area (Å²) in [6, 6.07) is 0. The lowest BCUT2D eigenvalue weighted by molar-refractivity contribution is -0.0758. The molecule has 23 heavy (non-hydrogen) atoms. The molecule has 0 bridgehead atoms. The molecule has 1 aliphatic heterocycles. The van der Waals surface area contributed by atoms with Gasteiger partial charge in [-0.15, -0.1) is 0 Å². The van der Waals surface area contributed by atoms with Gasteiger partial charge in [0, 0.05) is 12.6 Å². The van der Waals surface area contributed by atoms with Gasteiger partial charge < -0.3 is 20.7 Å². The van der Waals surface area contributed by atoms with Crippen molar-refractivity contribution >= 4 is 23.3 Å². The van der Waals surface area contributed by atoms with Gasteiger partial charge in [-0.05, 0) is 6.42 Å².